The van der Waals surface area contributed by atoms with Crippen LogP contribution in [-0.4, -0.2) is 16.7 Å². The number of aliphatic hydroxyl groups excluding tert-OH is 1. The highest BCUT2D eigenvalue weighted by Crippen LogP contribution is 2.25. The molecule has 0 spiro atoms. The van der Waals surface area contributed by atoms with Crippen molar-refractivity contribution in [2.24, 2.45) is 5.92 Å². The van der Waals surface area contributed by atoms with Crippen LogP contribution in [0.15, 0.2) is 24.3 Å². The summed E-state index contributed by atoms with van der Waals surface area (Å²) in [7, 11) is 0. The number of esters is 1. The van der Waals surface area contributed by atoms with Crippen molar-refractivity contribution >= 4 is 28.6 Å². The number of carbonyl (C=O) groups excluding carboxylic acids is 1. The Kier molecular flexibility index (Phi) is 5.16. The maximum absolute atomic E-state index is 11.9. The minimum Gasteiger partial charge on any atom is -0.460 e. The van der Waals surface area contributed by atoms with E-state index >= 15 is 0 Å². The van der Waals surface area contributed by atoms with Crippen LogP contribution in [0.3, 0.4) is 0 Å². The third kappa shape index (κ3) is 4.57. The maximum atomic E-state index is 11.9. The van der Waals surface area contributed by atoms with Gasteiger partial charge in [0.15, 0.2) is 0 Å². The highest BCUT2D eigenvalue weighted by molar-refractivity contribution is 14.1. The van der Waals surface area contributed by atoms with Crippen LogP contribution in [0.4, 0.5) is 0 Å². The monoisotopic (exact) mass is 362 g/mol. The zero-order valence-electron chi connectivity index (χ0n) is 11.1. The fourth-order valence-corrected chi connectivity index (χ4v) is 2.07. The van der Waals surface area contributed by atoms with Gasteiger partial charge in [-0.1, -0.05) is 12.1 Å². The van der Waals surface area contributed by atoms with Crippen LogP contribution in [-0.2, 0) is 9.53 Å². The SMILES string of the molecule is C[C@H](C(=O)OC(C)(C)C)[C@H](O)c1cccc(I)c1. The first kappa shape index (κ1) is 15.4. The second-order valence-electron chi connectivity index (χ2n) is 5.32. The molecule has 0 aliphatic rings. The average Bonchev–Trinajstić information content (AvgIpc) is 2.24. The van der Waals surface area contributed by atoms with Gasteiger partial charge in [0.25, 0.3) is 0 Å². The molecule has 0 amide bonds. The van der Waals surface area contributed by atoms with Crippen LogP contribution in [0.2, 0.25) is 0 Å². The van der Waals surface area contributed by atoms with Gasteiger partial charge >= 0.3 is 5.97 Å². The number of aliphatic hydroxyl groups is 1. The van der Waals surface area contributed by atoms with Crippen LogP contribution in [0.5, 0.6) is 0 Å². The Morgan fingerprint density at radius 3 is 2.50 bits per heavy atom. The minimum absolute atomic E-state index is 0.381. The Labute approximate surface area is 122 Å². The molecule has 3 nitrogen and oxygen atoms in total. The summed E-state index contributed by atoms with van der Waals surface area (Å²) in [6, 6.07) is 7.48. The summed E-state index contributed by atoms with van der Waals surface area (Å²) < 4.78 is 6.30. The number of ether oxygens (including phenoxy) is 1. The number of halogens is 1. The molecule has 0 unspecified atom stereocenters. The second-order valence-corrected chi connectivity index (χ2v) is 6.57. The predicted molar refractivity (Wildman–Crippen MR) is 79.1 cm³/mol. The fourth-order valence-electron chi connectivity index (χ4n) is 1.50. The standard InChI is InChI=1S/C14H19IO3/c1-9(13(17)18-14(2,3)4)12(16)10-6-5-7-11(15)8-10/h5-9,12,16H,1-4H3/t9-,12-/m0/s1. The van der Waals surface area contributed by atoms with E-state index in [9.17, 15) is 9.90 Å². The smallest absolute Gasteiger partial charge is 0.312 e. The number of benzene rings is 1. The van der Waals surface area contributed by atoms with Crippen molar-refractivity contribution in [2.75, 3.05) is 0 Å². The van der Waals surface area contributed by atoms with E-state index in [1.54, 1.807) is 6.92 Å². The molecule has 1 aromatic carbocycles. The van der Waals surface area contributed by atoms with Gasteiger partial charge in [-0.2, -0.15) is 0 Å². The summed E-state index contributed by atoms with van der Waals surface area (Å²) in [6.45, 7) is 7.12. The minimum atomic E-state index is -0.838. The Morgan fingerprint density at radius 2 is 2.00 bits per heavy atom. The quantitative estimate of drug-likeness (QED) is 0.663. The first-order valence-corrected chi connectivity index (χ1v) is 6.95. The number of carbonyl (C=O) groups is 1. The van der Waals surface area contributed by atoms with Crippen molar-refractivity contribution in [3.63, 3.8) is 0 Å². The van der Waals surface area contributed by atoms with Crippen molar-refractivity contribution in [1.29, 1.82) is 0 Å². The van der Waals surface area contributed by atoms with Gasteiger partial charge in [-0.05, 0) is 68.0 Å². The van der Waals surface area contributed by atoms with Crippen molar-refractivity contribution in [2.45, 2.75) is 39.4 Å². The first-order chi connectivity index (χ1) is 8.20. The zero-order valence-corrected chi connectivity index (χ0v) is 13.3. The first-order valence-electron chi connectivity index (χ1n) is 5.87. The summed E-state index contributed by atoms with van der Waals surface area (Å²) in [5.41, 5.74) is 0.205. The van der Waals surface area contributed by atoms with E-state index in [0.29, 0.717) is 0 Å². The molecule has 4 heteroatoms. The third-order valence-corrected chi connectivity index (χ3v) is 3.11. The molecule has 0 radical (unpaired) electrons. The van der Waals surface area contributed by atoms with E-state index in [1.807, 2.05) is 45.0 Å². The largest absolute Gasteiger partial charge is 0.460 e. The molecular weight excluding hydrogens is 343 g/mol. The van der Waals surface area contributed by atoms with E-state index < -0.39 is 17.6 Å². The van der Waals surface area contributed by atoms with E-state index in [2.05, 4.69) is 22.6 Å². The molecule has 2 atom stereocenters. The van der Waals surface area contributed by atoms with E-state index in [0.717, 1.165) is 9.13 Å². The molecule has 18 heavy (non-hydrogen) atoms. The Bertz CT molecular complexity index is 423. The van der Waals surface area contributed by atoms with Gasteiger partial charge in [-0.25, -0.2) is 0 Å². The molecule has 0 bridgehead atoms. The molecule has 0 aliphatic carbocycles. The van der Waals surface area contributed by atoms with Gasteiger partial charge in [-0.3, -0.25) is 4.79 Å². The van der Waals surface area contributed by atoms with E-state index in [4.69, 9.17) is 4.74 Å². The number of hydrogen-bond acceptors (Lipinski definition) is 3. The summed E-state index contributed by atoms with van der Waals surface area (Å²) in [4.78, 5) is 11.9. The number of rotatable bonds is 3. The van der Waals surface area contributed by atoms with Crippen LogP contribution in [0, 0.1) is 9.49 Å². The number of hydrogen-bond donors (Lipinski definition) is 1. The molecule has 0 aliphatic heterocycles. The molecule has 1 rings (SSSR count). The van der Waals surface area contributed by atoms with Gasteiger partial charge < -0.3 is 9.84 Å². The highest BCUT2D eigenvalue weighted by atomic mass is 127. The lowest BCUT2D eigenvalue weighted by Crippen LogP contribution is -2.30. The second kappa shape index (κ2) is 6.02. The van der Waals surface area contributed by atoms with Crippen LogP contribution < -0.4 is 0 Å². The molecule has 0 saturated heterocycles. The average molecular weight is 362 g/mol. The van der Waals surface area contributed by atoms with Crippen molar-refractivity contribution in [1.82, 2.24) is 0 Å². The van der Waals surface area contributed by atoms with Crippen LogP contribution in [0.25, 0.3) is 0 Å². The lowest BCUT2D eigenvalue weighted by atomic mass is 9.97. The summed E-state index contributed by atoms with van der Waals surface area (Å²) in [6.07, 6.45) is -0.838. The molecular formula is C14H19IO3. The van der Waals surface area contributed by atoms with E-state index in [1.165, 1.54) is 0 Å². The molecule has 0 fully saturated rings. The Morgan fingerprint density at radius 1 is 1.39 bits per heavy atom. The fraction of sp³-hybridized carbons (Fsp3) is 0.500. The highest BCUT2D eigenvalue weighted by Gasteiger charge is 2.28. The molecule has 0 aromatic heterocycles. The predicted octanol–water partition coefficient (Wildman–Crippen LogP) is 3.30. The summed E-state index contributed by atoms with van der Waals surface area (Å²) in [5, 5.41) is 10.2. The molecule has 100 valence electrons. The van der Waals surface area contributed by atoms with Gasteiger partial charge in [0.2, 0.25) is 0 Å². The van der Waals surface area contributed by atoms with Crippen LogP contribution >= 0.6 is 22.6 Å². The summed E-state index contributed by atoms with van der Waals surface area (Å²) >= 11 is 2.17. The van der Waals surface area contributed by atoms with Crippen molar-refractivity contribution < 1.29 is 14.6 Å². The Balaban J connectivity index is 2.78. The van der Waals surface area contributed by atoms with Gasteiger partial charge in [0, 0.05) is 3.57 Å². The zero-order chi connectivity index (χ0) is 13.9. The van der Waals surface area contributed by atoms with Crippen molar-refractivity contribution in [3.8, 4) is 0 Å². The van der Waals surface area contributed by atoms with Crippen LogP contribution in [0.1, 0.15) is 39.4 Å². The third-order valence-electron chi connectivity index (χ3n) is 2.44. The van der Waals surface area contributed by atoms with Gasteiger partial charge in [0.1, 0.15) is 5.60 Å². The summed E-state index contributed by atoms with van der Waals surface area (Å²) in [5.74, 6) is -0.962. The van der Waals surface area contributed by atoms with Crippen molar-refractivity contribution in [3.05, 3.63) is 33.4 Å². The molecule has 0 saturated carbocycles. The molecule has 1 N–H and O–H groups in total. The Hall–Kier alpha value is -0.620. The lowest BCUT2D eigenvalue weighted by Gasteiger charge is -2.24. The lowest BCUT2D eigenvalue weighted by molar-refractivity contribution is -0.163. The molecule has 1 aromatic rings. The molecule has 0 heterocycles. The van der Waals surface area contributed by atoms with Gasteiger partial charge in [0.05, 0.1) is 12.0 Å². The normalized spacial score (nSPS) is 15.0. The van der Waals surface area contributed by atoms with E-state index in [-0.39, 0.29) is 5.97 Å². The topological polar surface area (TPSA) is 46.5 Å². The van der Waals surface area contributed by atoms with Gasteiger partial charge in [-0.15, -0.1) is 0 Å². The maximum Gasteiger partial charge on any atom is 0.312 e.